The molecule has 0 fully saturated rings. The van der Waals surface area contributed by atoms with Gasteiger partial charge in [0.2, 0.25) is 5.91 Å². The molecule has 0 N–H and O–H groups in total. The molecule has 0 bridgehead atoms. The van der Waals surface area contributed by atoms with E-state index in [1.54, 1.807) is 42.6 Å². The van der Waals surface area contributed by atoms with Gasteiger partial charge in [-0.1, -0.05) is 35.9 Å². The first kappa shape index (κ1) is 21.1. The Bertz CT molecular complexity index is 1250. The first-order valence-electron chi connectivity index (χ1n) is 10.2. The van der Waals surface area contributed by atoms with Crippen molar-refractivity contribution < 1.29 is 13.2 Å². The Kier molecular flexibility index (Phi) is 5.35. The normalized spacial score (nSPS) is 13.4. The number of anilines is 2. The van der Waals surface area contributed by atoms with Crippen LogP contribution in [0.4, 0.5) is 11.4 Å². The van der Waals surface area contributed by atoms with E-state index in [1.807, 2.05) is 43.3 Å². The fourth-order valence-corrected chi connectivity index (χ4v) is 5.89. The Morgan fingerprint density at radius 3 is 2.39 bits per heavy atom. The van der Waals surface area contributed by atoms with Gasteiger partial charge in [0.1, 0.15) is 11.4 Å². The third-order valence-corrected chi connectivity index (χ3v) is 7.81. The van der Waals surface area contributed by atoms with Crippen LogP contribution < -0.4 is 9.21 Å². The van der Waals surface area contributed by atoms with Crippen LogP contribution in [0, 0.1) is 20.8 Å². The molecule has 0 atom stereocenters. The standard InChI is InChI=1S/C23H26N4O3S/c1-16-9-11-20(12-10-16)27(31(29,30)23-17(2)24-25(4)18(23)3)15-22(28)26-14-13-19-7-5-6-8-21(19)26/h5-12H,13-15H2,1-4H3. The zero-order valence-corrected chi connectivity index (χ0v) is 19.0. The molecule has 0 aliphatic carbocycles. The molecule has 0 radical (unpaired) electrons. The van der Waals surface area contributed by atoms with E-state index in [1.165, 1.54) is 4.31 Å². The van der Waals surface area contributed by atoms with Crippen LogP contribution in [-0.2, 0) is 28.3 Å². The van der Waals surface area contributed by atoms with Crippen molar-refractivity contribution in [2.45, 2.75) is 32.1 Å². The maximum atomic E-state index is 13.8. The van der Waals surface area contributed by atoms with Gasteiger partial charge in [0, 0.05) is 19.3 Å². The summed E-state index contributed by atoms with van der Waals surface area (Å²) in [5.74, 6) is -0.256. The van der Waals surface area contributed by atoms with Gasteiger partial charge in [-0.15, -0.1) is 0 Å². The van der Waals surface area contributed by atoms with Gasteiger partial charge in [-0.3, -0.25) is 13.8 Å². The van der Waals surface area contributed by atoms with E-state index in [9.17, 15) is 13.2 Å². The molecule has 4 rings (SSSR count). The van der Waals surface area contributed by atoms with Crippen LogP contribution in [-0.4, -0.2) is 37.2 Å². The van der Waals surface area contributed by atoms with Gasteiger partial charge in [0.05, 0.1) is 17.1 Å². The lowest BCUT2D eigenvalue weighted by atomic mass is 10.2. The summed E-state index contributed by atoms with van der Waals surface area (Å²) in [5.41, 5.74) is 4.36. The van der Waals surface area contributed by atoms with Crippen LogP contribution in [0.15, 0.2) is 53.4 Å². The molecular formula is C23H26N4O3S. The molecule has 31 heavy (non-hydrogen) atoms. The fourth-order valence-electron chi connectivity index (χ4n) is 4.07. The van der Waals surface area contributed by atoms with Crippen LogP contribution in [0.2, 0.25) is 0 Å². The number of aryl methyl sites for hydroxylation is 3. The lowest BCUT2D eigenvalue weighted by molar-refractivity contribution is -0.117. The number of carbonyl (C=O) groups is 1. The Labute approximate surface area is 183 Å². The van der Waals surface area contributed by atoms with Crippen LogP contribution >= 0.6 is 0 Å². The number of fused-ring (bicyclic) bond motifs is 1. The zero-order valence-electron chi connectivity index (χ0n) is 18.2. The topological polar surface area (TPSA) is 75.5 Å². The molecule has 3 aromatic rings. The number of carbonyl (C=O) groups excluding carboxylic acids is 1. The smallest absolute Gasteiger partial charge is 0.268 e. The minimum absolute atomic E-state index is 0.144. The van der Waals surface area contributed by atoms with Crippen molar-refractivity contribution in [1.82, 2.24) is 9.78 Å². The van der Waals surface area contributed by atoms with Gasteiger partial charge in [-0.05, 0) is 51.0 Å². The van der Waals surface area contributed by atoms with Crippen molar-refractivity contribution in [3.63, 3.8) is 0 Å². The van der Waals surface area contributed by atoms with Crippen molar-refractivity contribution in [2.24, 2.45) is 7.05 Å². The quantitative estimate of drug-likeness (QED) is 0.613. The number of amides is 1. The molecule has 0 saturated carbocycles. The monoisotopic (exact) mass is 438 g/mol. The van der Waals surface area contributed by atoms with Crippen molar-refractivity contribution in [3.05, 3.63) is 71.0 Å². The number of rotatable bonds is 5. The first-order valence-corrected chi connectivity index (χ1v) is 11.6. The summed E-state index contributed by atoms with van der Waals surface area (Å²) < 4.78 is 30.3. The Morgan fingerprint density at radius 1 is 1.06 bits per heavy atom. The van der Waals surface area contributed by atoms with E-state index in [4.69, 9.17) is 0 Å². The molecule has 2 heterocycles. The van der Waals surface area contributed by atoms with Gasteiger partial charge in [-0.25, -0.2) is 8.42 Å². The second-order valence-corrected chi connectivity index (χ2v) is 9.69. The first-order chi connectivity index (χ1) is 14.7. The van der Waals surface area contributed by atoms with E-state index in [0.29, 0.717) is 23.6 Å². The van der Waals surface area contributed by atoms with Crippen molar-refractivity contribution in [2.75, 3.05) is 22.3 Å². The third kappa shape index (κ3) is 3.72. The highest BCUT2D eigenvalue weighted by molar-refractivity contribution is 7.93. The average Bonchev–Trinajstić information content (AvgIpc) is 3.27. The van der Waals surface area contributed by atoms with Crippen LogP contribution in [0.25, 0.3) is 0 Å². The highest BCUT2D eigenvalue weighted by atomic mass is 32.2. The molecule has 0 spiro atoms. The molecular weight excluding hydrogens is 412 g/mol. The van der Waals surface area contributed by atoms with Crippen molar-refractivity contribution in [3.8, 4) is 0 Å². The van der Waals surface area contributed by atoms with Gasteiger partial charge in [-0.2, -0.15) is 5.10 Å². The van der Waals surface area contributed by atoms with Crippen LogP contribution in [0.1, 0.15) is 22.5 Å². The van der Waals surface area contributed by atoms with Crippen molar-refractivity contribution >= 4 is 27.3 Å². The number of aromatic nitrogens is 2. The minimum atomic E-state index is -4.01. The molecule has 8 heteroatoms. The minimum Gasteiger partial charge on any atom is -0.310 e. The number of hydrogen-bond donors (Lipinski definition) is 0. The predicted molar refractivity (Wildman–Crippen MR) is 121 cm³/mol. The average molecular weight is 439 g/mol. The number of hydrogen-bond acceptors (Lipinski definition) is 4. The number of para-hydroxylation sites is 1. The summed E-state index contributed by atoms with van der Waals surface area (Å²) in [7, 11) is -2.29. The second-order valence-electron chi connectivity index (χ2n) is 7.89. The molecule has 7 nitrogen and oxygen atoms in total. The molecule has 1 aliphatic heterocycles. The zero-order chi connectivity index (χ0) is 22.3. The van der Waals surface area contributed by atoms with E-state index in [-0.39, 0.29) is 17.3 Å². The molecule has 162 valence electrons. The molecule has 1 amide bonds. The van der Waals surface area contributed by atoms with E-state index < -0.39 is 10.0 Å². The summed E-state index contributed by atoms with van der Waals surface area (Å²) in [6.45, 7) is 5.59. The number of sulfonamides is 1. The Hall–Kier alpha value is -3.13. The largest absolute Gasteiger partial charge is 0.310 e. The van der Waals surface area contributed by atoms with E-state index in [0.717, 1.165) is 23.2 Å². The van der Waals surface area contributed by atoms with Crippen LogP contribution in [0.5, 0.6) is 0 Å². The summed E-state index contributed by atoms with van der Waals surface area (Å²) in [5, 5.41) is 4.27. The Morgan fingerprint density at radius 2 is 1.74 bits per heavy atom. The highest BCUT2D eigenvalue weighted by Gasteiger charge is 2.34. The molecule has 0 unspecified atom stereocenters. The predicted octanol–water partition coefficient (Wildman–Crippen LogP) is 3.13. The van der Waals surface area contributed by atoms with E-state index >= 15 is 0 Å². The summed E-state index contributed by atoms with van der Waals surface area (Å²) in [6, 6.07) is 14.9. The second kappa shape index (κ2) is 7.85. The van der Waals surface area contributed by atoms with Gasteiger partial charge in [0.25, 0.3) is 10.0 Å². The summed E-state index contributed by atoms with van der Waals surface area (Å²) >= 11 is 0. The third-order valence-electron chi connectivity index (χ3n) is 5.78. The molecule has 2 aromatic carbocycles. The summed E-state index contributed by atoms with van der Waals surface area (Å²) in [4.78, 5) is 15.1. The number of benzene rings is 2. The van der Waals surface area contributed by atoms with Crippen LogP contribution in [0.3, 0.4) is 0 Å². The van der Waals surface area contributed by atoms with E-state index in [2.05, 4.69) is 5.10 Å². The molecule has 0 saturated heterocycles. The molecule has 1 aromatic heterocycles. The maximum absolute atomic E-state index is 13.8. The summed E-state index contributed by atoms with van der Waals surface area (Å²) in [6.07, 6.45) is 0.764. The Balaban J connectivity index is 1.75. The fraction of sp³-hybridized carbons (Fsp3) is 0.304. The van der Waals surface area contributed by atoms with Crippen molar-refractivity contribution in [1.29, 1.82) is 0 Å². The lowest BCUT2D eigenvalue weighted by Gasteiger charge is -2.27. The van der Waals surface area contributed by atoms with Gasteiger partial charge in [0.15, 0.2) is 0 Å². The van der Waals surface area contributed by atoms with Gasteiger partial charge < -0.3 is 4.90 Å². The van der Waals surface area contributed by atoms with Gasteiger partial charge >= 0.3 is 0 Å². The number of nitrogens with zero attached hydrogens (tertiary/aromatic N) is 4. The highest BCUT2D eigenvalue weighted by Crippen LogP contribution is 2.31. The SMILES string of the molecule is Cc1ccc(N(CC(=O)N2CCc3ccccc32)S(=O)(=O)c2c(C)nn(C)c2C)cc1. The maximum Gasteiger partial charge on any atom is 0.268 e. The lowest BCUT2D eigenvalue weighted by Crippen LogP contribution is -2.43. The molecule has 1 aliphatic rings.